The minimum Gasteiger partial charge on any atom is -0.497 e. The van der Waals surface area contributed by atoms with Gasteiger partial charge in [0.1, 0.15) is 21.1 Å². The van der Waals surface area contributed by atoms with E-state index in [1.807, 2.05) is 24.3 Å². The van der Waals surface area contributed by atoms with Gasteiger partial charge >= 0.3 is 6.03 Å². The molecule has 8 heteroatoms. The number of ether oxygens (including phenoxy) is 1. The maximum absolute atomic E-state index is 12.5. The van der Waals surface area contributed by atoms with Gasteiger partial charge in [0.05, 0.1) is 12.9 Å². The van der Waals surface area contributed by atoms with Gasteiger partial charge in [-0.05, 0) is 37.5 Å². The molecule has 24 heavy (non-hydrogen) atoms. The third kappa shape index (κ3) is 4.25. The van der Waals surface area contributed by atoms with Crippen molar-refractivity contribution in [3.8, 4) is 5.75 Å². The van der Waals surface area contributed by atoms with Crippen LogP contribution in [0, 0.1) is 0 Å². The molecule has 1 N–H and O–H groups in total. The molecule has 0 spiro atoms. The van der Waals surface area contributed by atoms with E-state index in [4.69, 9.17) is 4.74 Å². The van der Waals surface area contributed by atoms with E-state index in [9.17, 15) is 18.0 Å². The van der Waals surface area contributed by atoms with E-state index in [2.05, 4.69) is 5.32 Å². The molecule has 2 rings (SSSR count). The lowest BCUT2D eigenvalue weighted by Crippen LogP contribution is -2.44. The molecule has 1 aliphatic heterocycles. The maximum atomic E-state index is 12.5. The van der Waals surface area contributed by atoms with Gasteiger partial charge in [-0.2, -0.15) is 0 Å². The summed E-state index contributed by atoms with van der Waals surface area (Å²) in [4.78, 5) is 25.5. The highest BCUT2D eigenvalue weighted by molar-refractivity contribution is 7.90. The number of methoxy groups -OCH3 is 1. The maximum Gasteiger partial charge on any atom is 0.325 e. The summed E-state index contributed by atoms with van der Waals surface area (Å²) < 4.78 is 27.6. The van der Waals surface area contributed by atoms with Gasteiger partial charge in [0.15, 0.2) is 0 Å². The average Bonchev–Trinajstić information content (AvgIpc) is 2.73. The van der Waals surface area contributed by atoms with Crippen molar-refractivity contribution in [3.05, 3.63) is 29.8 Å². The molecule has 0 aromatic heterocycles. The van der Waals surface area contributed by atoms with Crippen molar-refractivity contribution in [2.24, 2.45) is 0 Å². The van der Waals surface area contributed by atoms with Crippen LogP contribution >= 0.6 is 0 Å². The SMILES string of the molecule is COc1ccc(CC[C@]2(C)NC(=O)N(CCS(C)(=O)=O)C2=O)cc1. The van der Waals surface area contributed by atoms with Crippen LogP contribution in [-0.2, 0) is 21.1 Å². The van der Waals surface area contributed by atoms with Crippen LogP contribution in [0.25, 0.3) is 0 Å². The number of urea groups is 1. The van der Waals surface area contributed by atoms with Crippen molar-refractivity contribution in [2.75, 3.05) is 25.7 Å². The Labute approximate surface area is 141 Å². The average molecular weight is 354 g/mol. The summed E-state index contributed by atoms with van der Waals surface area (Å²) in [6.45, 7) is 1.54. The second-order valence-electron chi connectivity index (χ2n) is 6.20. The third-order valence-electron chi connectivity index (χ3n) is 4.10. The Bertz CT molecular complexity index is 729. The molecule has 3 amide bonds. The number of rotatable bonds is 7. The molecule has 0 unspecified atom stereocenters. The van der Waals surface area contributed by atoms with Crippen LogP contribution in [0.3, 0.4) is 0 Å². The van der Waals surface area contributed by atoms with Gasteiger partial charge in [-0.1, -0.05) is 12.1 Å². The number of hydrogen-bond donors (Lipinski definition) is 1. The molecular weight excluding hydrogens is 332 g/mol. The van der Waals surface area contributed by atoms with Gasteiger partial charge in [0.25, 0.3) is 5.91 Å². The lowest BCUT2D eigenvalue weighted by molar-refractivity contribution is -0.130. The van der Waals surface area contributed by atoms with E-state index < -0.39 is 21.4 Å². The van der Waals surface area contributed by atoms with E-state index in [1.165, 1.54) is 0 Å². The van der Waals surface area contributed by atoms with Crippen LogP contribution in [0.1, 0.15) is 18.9 Å². The summed E-state index contributed by atoms with van der Waals surface area (Å²) in [5, 5.41) is 2.68. The number of benzene rings is 1. The van der Waals surface area contributed by atoms with Gasteiger partial charge < -0.3 is 10.1 Å². The first-order valence-corrected chi connectivity index (χ1v) is 9.65. The monoisotopic (exact) mass is 354 g/mol. The fraction of sp³-hybridized carbons (Fsp3) is 0.500. The first-order chi connectivity index (χ1) is 11.1. The van der Waals surface area contributed by atoms with Gasteiger partial charge in [-0.25, -0.2) is 13.2 Å². The van der Waals surface area contributed by atoms with E-state index in [0.29, 0.717) is 12.8 Å². The summed E-state index contributed by atoms with van der Waals surface area (Å²) in [5.41, 5.74) is 0.00258. The highest BCUT2D eigenvalue weighted by Gasteiger charge is 2.47. The van der Waals surface area contributed by atoms with Gasteiger partial charge in [-0.3, -0.25) is 9.69 Å². The van der Waals surface area contributed by atoms with Gasteiger partial charge in [0, 0.05) is 12.8 Å². The van der Waals surface area contributed by atoms with Crippen molar-refractivity contribution >= 4 is 21.8 Å². The highest BCUT2D eigenvalue weighted by atomic mass is 32.2. The Morgan fingerprint density at radius 2 is 1.83 bits per heavy atom. The number of aryl methyl sites for hydroxylation is 1. The van der Waals surface area contributed by atoms with Gasteiger partial charge in [-0.15, -0.1) is 0 Å². The number of amides is 3. The summed E-state index contributed by atoms with van der Waals surface area (Å²) in [5.74, 6) is 0.132. The van der Waals surface area contributed by atoms with Crippen LogP contribution in [0.4, 0.5) is 4.79 Å². The van der Waals surface area contributed by atoms with Crippen LogP contribution < -0.4 is 10.1 Å². The molecule has 0 radical (unpaired) electrons. The topological polar surface area (TPSA) is 92.8 Å². The smallest absolute Gasteiger partial charge is 0.325 e. The number of nitrogens with zero attached hydrogens (tertiary/aromatic N) is 1. The molecule has 1 heterocycles. The number of imide groups is 1. The molecule has 1 fully saturated rings. The number of nitrogens with one attached hydrogen (secondary N) is 1. The lowest BCUT2D eigenvalue weighted by atomic mass is 9.93. The minimum atomic E-state index is -3.24. The molecule has 1 aliphatic rings. The Morgan fingerprint density at radius 3 is 2.38 bits per heavy atom. The van der Waals surface area contributed by atoms with Gasteiger partial charge in [0.2, 0.25) is 0 Å². The zero-order valence-corrected chi connectivity index (χ0v) is 14.9. The molecule has 1 aromatic rings. The predicted molar refractivity (Wildman–Crippen MR) is 89.7 cm³/mol. The van der Waals surface area contributed by atoms with Crippen molar-refractivity contribution in [2.45, 2.75) is 25.3 Å². The predicted octanol–water partition coefficient (Wildman–Crippen LogP) is 0.983. The summed E-state index contributed by atoms with van der Waals surface area (Å²) in [7, 11) is -1.65. The number of carbonyl (C=O) groups excluding carboxylic acids is 2. The van der Waals surface area contributed by atoms with Crippen molar-refractivity contribution in [3.63, 3.8) is 0 Å². The van der Waals surface area contributed by atoms with Crippen LogP contribution in [0.15, 0.2) is 24.3 Å². The number of carbonyl (C=O) groups is 2. The molecule has 132 valence electrons. The Balaban J connectivity index is 2.01. The quantitative estimate of drug-likeness (QED) is 0.737. The van der Waals surface area contributed by atoms with E-state index in [1.54, 1.807) is 14.0 Å². The second kappa shape index (κ2) is 6.80. The second-order valence-corrected chi connectivity index (χ2v) is 8.46. The van der Waals surface area contributed by atoms with Crippen molar-refractivity contribution in [1.82, 2.24) is 10.2 Å². The molecule has 0 bridgehead atoms. The molecule has 0 aliphatic carbocycles. The van der Waals surface area contributed by atoms with Crippen LogP contribution in [0.2, 0.25) is 0 Å². The zero-order valence-electron chi connectivity index (χ0n) is 14.0. The third-order valence-corrected chi connectivity index (χ3v) is 5.03. The van der Waals surface area contributed by atoms with Crippen molar-refractivity contribution in [1.29, 1.82) is 0 Å². The highest BCUT2D eigenvalue weighted by Crippen LogP contribution is 2.24. The Kier molecular flexibility index (Phi) is 5.17. The minimum absolute atomic E-state index is 0.123. The Hall–Kier alpha value is -2.09. The zero-order chi connectivity index (χ0) is 18.0. The summed E-state index contributed by atoms with van der Waals surface area (Å²) in [6.07, 6.45) is 2.11. The van der Waals surface area contributed by atoms with Crippen molar-refractivity contribution < 1.29 is 22.7 Å². The fourth-order valence-corrected chi connectivity index (χ4v) is 3.08. The molecular formula is C16H22N2O5S. The molecule has 7 nitrogen and oxygen atoms in total. The normalized spacial score (nSPS) is 21.0. The molecule has 1 atom stereocenters. The lowest BCUT2D eigenvalue weighted by Gasteiger charge is -2.21. The largest absolute Gasteiger partial charge is 0.497 e. The standard InChI is InChI=1S/C16H22N2O5S/c1-16(9-8-12-4-6-13(23-2)7-5-12)14(19)18(15(20)17-16)10-11-24(3,21)22/h4-7H,8-11H2,1-3H3,(H,17,20)/t16-/m0/s1. The first-order valence-electron chi connectivity index (χ1n) is 7.59. The molecule has 1 saturated heterocycles. The van der Waals surface area contributed by atoms with Crippen LogP contribution in [-0.4, -0.2) is 56.5 Å². The van der Waals surface area contributed by atoms with E-state index in [-0.39, 0.29) is 18.2 Å². The summed E-state index contributed by atoms with van der Waals surface area (Å²) >= 11 is 0. The summed E-state index contributed by atoms with van der Waals surface area (Å²) in [6, 6.07) is 6.95. The first kappa shape index (κ1) is 18.3. The molecule has 0 saturated carbocycles. The number of hydrogen-bond acceptors (Lipinski definition) is 5. The van der Waals surface area contributed by atoms with Crippen LogP contribution in [0.5, 0.6) is 5.75 Å². The number of sulfone groups is 1. The molecule has 1 aromatic carbocycles. The Morgan fingerprint density at radius 1 is 1.21 bits per heavy atom. The van der Waals surface area contributed by atoms with E-state index in [0.717, 1.165) is 22.5 Å². The fourth-order valence-electron chi connectivity index (χ4n) is 2.56. The van der Waals surface area contributed by atoms with E-state index >= 15 is 0 Å².